The van der Waals surface area contributed by atoms with Gasteiger partial charge in [0.1, 0.15) is 11.6 Å². The highest BCUT2D eigenvalue weighted by molar-refractivity contribution is 6.35. The topological polar surface area (TPSA) is 93.5 Å². The maximum absolute atomic E-state index is 13.3. The van der Waals surface area contributed by atoms with Crippen molar-refractivity contribution in [1.82, 2.24) is 29.7 Å². The van der Waals surface area contributed by atoms with Crippen LogP contribution in [0, 0.1) is 6.92 Å². The zero-order valence-corrected chi connectivity index (χ0v) is 24.0. The predicted octanol–water partition coefficient (Wildman–Crippen LogP) is 5.54. The monoisotopic (exact) mass is 610 g/mol. The summed E-state index contributed by atoms with van der Waals surface area (Å²) in [7, 11) is 0. The van der Waals surface area contributed by atoms with Gasteiger partial charge in [0.25, 0.3) is 0 Å². The van der Waals surface area contributed by atoms with Crippen LogP contribution in [0.25, 0.3) is 16.7 Å². The van der Waals surface area contributed by atoms with Crippen LogP contribution in [-0.4, -0.2) is 72.9 Å². The SMILES string of the molecule is Cc1nn(C(C)c2ccc(Cl)cc2Cl)c2nc(C3=CC(C)N(C(=O)C4CCCN4OC(=O)C(F)(F)F)CC3)cnc12. The second-order valence-electron chi connectivity index (χ2n) is 10.2. The minimum Gasteiger partial charge on any atom is -0.360 e. The molecular formula is C27H27Cl2F3N6O3. The molecule has 0 N–H and O–H groups in total. The van der Waals surface area contributed by atoms with E-state index in [1.165, 1.54) is 0 Å². The molecule has 41 heavy (non-hydrogen) atoms. The second kappa shape index (κ2) is 11.2. The third kappa shape index (κ3) is 5.77. The summed E-state index contributed by atoms with van der Waals surface area (Å²) in [4.78, 5) is 40.2. The second-order valence-corrected chi connectivity index (χ2v) is 11.0. The Bertz CT molecular complexity index is 1540. The number of hydrogen-bond acceptors (Lipinski definition) is 7. The number of hydrogen-bond donors (Lipinski definition) is 0. The van der Waals surface area contributed by atoms with E-state index >= 15 is 0 Å². The summed E-state index contributed by atoms with van der Waals surface area (Å²) in [6.45, 7) is 6.01. The summed E-state index contributed by atoms with van der Waals surface area (Å²) in [6.07, 6.45) is -0.381. The van der Waals surface area contributed by atoms with Crippen molar-refractivity contribution >= 4 is 51.8 Å². The van der Waals surface area contributed by atoms with Crippen molar-refractivity contribution in [3.8, 4) is 0 Å². The molecule has 3 aromatic rings. The van der Waals surface area contributed by atoms with Gasteiger partial charge >= 0.3 is 12.1 Å². The van der Waals surface area contributed by atoms with E-state index in [1.807, 2.05) is 32.9 Å². The molecule has 5 rings (SSSR count). The quantitative estimate of drug-likeness (QED) is 0.374. The van der Waals surface area contributed by atoms with Crippen molar-refractivity contribution in [2.24, 2.45) is 0 Å². The maximum atomic E-state index is 13.3. The lowest BCUT2D eigenvalue weighted by Crippen LogP contribution is -2.51. The average Bonchev–Trinajstić information content (AvgIpc) is 3.51. The summed E-state index contributed by atoms with van der Waals surface area (Å²) >= 11 is 12.5. The molecule has 1 fully saturated rings. The van der Waals surface area contributed by atoms with Gasteiger partial charge in [0, 0.05) is 29.2 Å². The van der Waals surface area contributed by atoms with Crippen LogP contribution in [0.1, 0.15) is 56.1 Å². The number of nitrogens with zero attached hydrogens (tertiary/aromatic N) is 6. The zero-order valence-electron chi connectivity index (χ0n) is 22.5. The molecule has 0 bridgehead atoms. The summed E-state index contributed by atoms with van der Waals surface area (Å²) < 4.78 is 39.9. The number of carbonyl (C=O) groups is 2. The first-order valence-electron chi connectivity index (χ1n) is 13.1. The Hall–Kier alpha value is -3.22. The number of carbonyl (C=O) groups excluding carboxylic acids is 2. The van der Waals surface area contributed by atoms with Crippen LogP contribution in [0.15, 0.2) is 30.5 Å². The van der Waals surface area contributed by atoms with Gasteiger partial charge in [-0.2, -0.15) is 18.3 Å². The fraction of sp³-hybridized carbons (Fsp3) is 0.444. The van der Waals surface area contributed by atoms with Gasteiger partial charge in [0.15, 0.2) is 5.65 Å². The molecule has 3 unspecified atom stereocenters. The summed E-state index contributed by atoms with van der Waals surface area (Å²) in [6, 6.07) is 3.70. The first-order valence-corrected chi connectivity index (χ1v) is 13.8. The molecule has 0 saturated carbocycles. The van der Waals surface area contributed by atoms with Crippen LogP contribution in [0.3, 0.4) is 0 Å². The van der Waals surface area contributed by atoms with Crippen molar-refractivity contribution in [3.63, 3.8) is 0 Å². The van der Waals surface area contributed by atoms with Gasteiger partial charge in [-0.05, 0) is 63.3 Å². The highest BCUT2D eigenvalue weighted by atomic mass is 35.5. The van der Waals surface area contributed by atoms with Crippen molar-refractivity contribution in [1.29, 1.82) is 0 Å². The Morgan fingerprint density at radius 1 is 1.20 bits per heavy atom. The van der Waals surface area contributed by atoms with E-state index in [0.717, 1.165) is 16.2 Å². The van der Waals surface area contributed by atoms with Gasteiger partial charge in [0.2, 0.25) is 5.91 Å². The number of fused-ring (bicyclic) bond motifs is 1. The van der Waals surface area contributed by atoms with Crippen LogP contribution in [0.5, 0.6) is 0 Å². The minimum atomic E-state index is -5.14. The van der Waals surface area contributed by atoms with Crippen molar-refractivity contribution in [2.45, 2.75) is 64.3 Å². The molecule has 0 aliphatic carbocycles. The van der Waals surface area contributed by atoms with E-state index in [1.54, 1.807) is 27.9 Å². The van der Waals surface area contributed by atoms with Crippen LogP contribution in [0.4, 0.5) is 13.2 Å². The lowest BCUT2D eigenvalue weighted by Gasteiger charge is -2.35. The van der Waals surface area contributed by atoms with Gasteiger partial charge in [-0.15, -0.1) is 5.06 Å². The normalized spacial score (nSPS) is 20.8. The summed E-state index contributed by atoms with van der Waals surface area (Å²) in [5.41, 5.74) is 4.29. The number of aryl methyl sites for hydroxylation is 1. The Labute approximate surface area is 243 Å². The first-order chi connectivity index (χ1) is 19.3. The van der Waals surface area contributed by atoms with E-state index < -0.39 is 18.2 Å². The Kier molecular flexibility index (Phi) is 8.01. The molecule has 1 amide bonds. The van der Waals surface area contributed by atoms with Crippen LogP contribution in [0.2, 0.25) is 10.0 Å². The number of benzene rings is 1. The number of alkyl halides is 3. The molecule has 218 valence electrons. The smallest absolute Gasteiger partial charge is 0.360 e. The molecule has 14 heteroatoms. The molecule has 9 nitrogen and oxygen atoms in total. The zero-order chi connectivity index (χ0) is 29.6. The van der Waals surface area contributed by atoms with E-state index in [0.29, 0.717) is 58.4 Å². The molecular weight excluding hydrogens is 584 g/mol. The third-order valence-electron chi connectivity index (χ3n) is 7.44. The third-order valence-corrected chi connectivity index (χ3v) is 8.00. The van der Waals surface area contributed by atoms with Crippen LogP contribution >= 0.6 is 23.2 Å². The van der Waals surface area contributed by atoms with Gasteiger partial charge in [-0.1, -0.05) is 35.3 Å². The molecule has 3 atom stereocenters. The molecule has 1 aromatic carbocycles. The molecule has 0 spiro atoms. The van der Waals surface area contributed by atoms with Crippen LogP contribution < -0.4 is 0 Å². The Morgan fingerprint density at radius 2 is 1.95 bits per heavy atom. The fourth-order valence-corrected chi connectivity index (χ4v) is 5.89. The molecule has 2 aromatic heterocycles. The number of halogens is 5. The highest BCUT2D eigenvalue weighted by Gasteiger charge is 2.46. The number of rotatable bonds is 5. The van der Waals surface area contributed by atoms with Gasteiger partial charge in [-0.25, -0.2) is 19.4 Å². The van der Waals surface area contributed by atoms with Gasteiger partial charge < -0.3 is 9.74 Å². The van der Waals surface area contributed by atoms with Crippen molar-refractivity contribution in [3.05, 3.63) is 57.5 Å². The van der Waals surface area contributed by atoms with Crippen LogP contribution in [-0.2, 0) is 14.4 Å². The highest BCUT2D eigenvalue weighted by Crippen LogP contribution is 2.32. The standard InChI is InChI=1S/C27H27Cl2F3N6O3/c1-14-11-17(8-10-36(14)25(39)22-5-4-9-37(22)41-26(40)27(30,31)32)21-13-33-23-15(2)35-38(24(23)34-21)16(3)19-7-6-18(28)12-20(19)29/h6-7,11-14,16,22H,4-5,8-10H2,1-3H3. The van der Waals surface area contributed by atoms with E-state index in [-0.39, 0.29) is 24.5 Å². The average molecular weight is 611 g/mol. The lowest BCUT2D eigenvalue weighted by atomic mass is 9.99. The summed E-state index contributed by atoms with van der Waals surface area (Å²) in [5.74, 6) is -2.72. The van der Waals surface area contributed by atoms with Crippen molar-refractivity contribution < 1.29 is 27.6 Å². The number of amides is 1. The summed E-state index contributed by atoms with van der Waals surface area (Å²) in [5, 5.41) is 6.56. The predicted molar refractivity (Wildman–Crippen MR) is 146 cm³/mol. The van der Waals surface area contributed by atoms with Gasteiger partial charge in [0.05, 0.1) is 23.6 Å². The lowest BCUT2D eigenvalue weighted by molar-refractivity contribution is -0.241. The van der Waals surface area contributed by atoms with Gasteiger partial charge in [-0.3, -0.25) is 4.79 Å². The molecule has 2 aliphatic rings. The largest absolute Gasteiger partial charge is 0.492 e. The maximum Gasteiger partial charge on any atom is 0.492 e. The van der Waals surface area contributed by atoms with E-state index in [9.17, 15) is 22.8 Å². The van der Waals surface area contributed by atoms with E-state index in [4.69, 9.17) is 28.2 Å². The number of aromatic nitrogens is 4. The number of hydroxylamine groups is 2. The first kappa shape index (κ1) is 29.3. The molecule has 4 heterocycles. The fourth-order valence-electron chi connectivity index (χ4n) is 5.33. The molecule has 1 saturated heterocycles. The molecule has 0 radical (unpaired) electrons. The Morgan fingerprint density at radius 3 is 2.63 bits per heavy atom. The van der Waals surface area contributed by atoms with E-state index in [2.05, 4.69) is 14.9 Å². The Balaban J connectivity index is 1.37. The van der Waals surface area contributed by atoms with Crippen molar-refractivity contribution in [2.75, 3.05) is 13.1 Å². The molecule has 2 aliphatic heterocycles. The minimum absolute atomic E-state index is 0.0594.